The van der Waals surface area contributed by atoms with E-state index in [0.29, 0.717) is 11.3 Å². The Kier molecular flexibility index (Phi) is 3.08. The van der Waals surface area contributed by atoms with Crippen LogP contribution < -0.4 is 5.59 Å². The summed E-state index contributed by atoms with van der Waals surface area (Å²) in [7, 11) is -1.73. The first-order valence-corrected chi connectivity index (χ1v) is 4.97. The number of imidazole rings is 1. The number of aryl methyl sites for hydroxylation is 1. The van der Waals surface area contributed by atoms with Gasteiger partial charge in [-0.3, -0.25) is 0 Å². The lowest BCUT2D eigenvalue weighted by atomic mass is 9.86. The maximum Gasteiger partial charge on any atom is 0.508 e. The van der Waals surface area contributed by atoms with Crippen molar-refractivity contribution >= 4 is 23.9 Å². The standard InChI is InChI=1S/C9H10BF2N3O2/c1-5-13-6-2-3-7(10(16)17)14-9(6)15(5)4-8(11)12/h2-3,8,16-17H,4H2,1H3. The second-order valence-corrected chi connectivity index (χ2v) is 3.61. The first kappa shape index (κ1) is 11.9. The fraction of sp³-hybridized carbons (Fsp3) is 0.333. The molecule has 0 unspecified atom stereocenters. The van der Waals surface area contributed by atoms with Crippen LogP contribution in [0.4, 0.5) is 8.78 Å². The average molecular weight is 241 g/mol. The smallest absolute Gasteiger partial charge is 0.422 e. The highest BCUT2D eigenvalue weighted by Gasteiger charge is 2.17. The van der Waals surface area contributed by atoms with Gasteiger partial charge < -0.3 is 14.6 Å². The summed E-state index contributed by atoms with van der Waals surface area (Å²) < 4.78 is 26.0. The highest BCUT2D eigenvalue weighted by Crippen LogP contribution is 2.14. The van der Waals surface area contributed by atoms with E-state index in [2.05, 4.69) is 9.97 Å². The molecule has 17 heavy (non-hydrogen) atoms. The van der Waals surface area contributed by atoms with E-state index in [1.807, 2.05) is 0 Å². The highest BCUT2D eigenvalue weighted by molar-refractivity contribution is 6.57. The van der Waals surface area contributed by atoms with Crippen LogP contribution in [0.5, 0.6) is 0 Å². The summed E-state index contributed by atoms with van der Waals surface area (Å²) in [4.78, 5) is 7.99. The van der Waals surface area contributed by atoms with Gasteiger partial charge in [-0.05, 0) is 19.1 Å². The van der Waals surface area contributed by atoms with E-state index < -0.39 is 20.1 Å². The van der Waals surface area contributed by atoms with Crippen LogP contribution in [0.1, 0.15) is 5.82 Å². The molecule has 0 amide bonds. The predicted octanol–water partition coefficient (Wildman–Crippen LogP) is -0.315. The predicted molar refractivity (Wildman–Crippen MR) is 58.1 cm³/mol. The van der Waals surface area contributed by atoms with Gasteiger partial charge in [0, 0.05) is 0 Å². The third kappa shape index (κ3) is 2.27. The van der Waals surface area contributed by atoms with E-state index >= 15 is 0 Å². The number of alkyl halides is 2. The van der Waals surface area contributed by atoms with Crippen molar-refractivity contribution in [3.05, 3.63) is 18.0 Å². The van der Waals surface area contributed by atoms with Gasteiger partial charge in [0.2, 0.25) is 0 Å². The molecule has 8 heteroatoms. The zero-order valence-electron chi connectivity index (χ0n) is 9.01. The van der Waals surface area contributed by atoms with E-state index in [1.165, 1.54) is 16.7 Å². The largest absolute Gasteiger partial charge is 0.508 e. The van der Waals surface area contributed by atoms with Gasteiger partial charge in [-0.25, -0.2) is 18.7 Å². The summed E-state index contributed by atoms with van der Waals surface area (Å²) in [6.07, 6.45) is -2.52. The SMILES string of the molecule is Cc1nc2ccc(B(O)O)nc2n1CC(F)F. The fourth-order valence-corrected chi connectivity index (χ4v) is 1.63. The molecule has 2 aromatic heterocycles. The molecule has 0 bridgehead atoms. The van der Waals surface area contributed by atoms with Crippen LogP contribution in [-0.4, -0.2) is 38.1 Å². The summed E-state index contributed by atoms with van der Waals surface area (Å²) in [5.41, 5.74) is 0.689. The van der Waals surface area contributed by atoms with Gasteiger partial charge in [-0.1, -0.05) is 0 Å². The Morgan fingerprint density at radius 1 is 1.35 bits per heavy atom. The fourth-order valence-electron chi connectivity index (χ4n) is 1.63. The number of pyridine rings is 1. The van der Waals surface area contributed by atoms with E-state index in [-0.39, 0.29) is 11.2 Å². The van der Waals surface area contributed by atoms with Crippen molar-refractivity contribution in [2.45, 2.75) is 19.9 Å². The molecule has 0 aliphatic carbocycles. The van der Waals surface area contributed by atoms with Gasteiger partial charge in [-0.2, -0.15) is 0 Å². The van der Waals surface area contributed by atoms with E-state index in [9.17, 15) is 8.78 Å². The van der Waals surface area contributed by atoms with Crippen molar-refractivity contribution in [2.24, 2.45) is 0 Å². The lowest BCUT2D eigenvalue weighted by Gasteiger charge is -2.05. The van der Waals surface area contributed by atoms with Crippen LogP contribution in [0, 0.1) is 6.92 Å². The molecular formula is C9H10BF2N3O2. The van der Waals surface area contributed by atoms with Gasteiger partial charge in [0.15, 0.2) is 5.65 Å². The Labute approximate surface area is 95.9 Å². The molecule has 2 rings (SSSR count). The van der Waals surface area contributed by atoms with Gasteiger partial charge in [0.1, 0.15) is 11.3 Å². The van der Waals surface area contributed by atoms with E-state index in [1.54, 1.807) is 6.92 Å². The zero-order chi connectivity index (χ0) is 12.6. The molecule has 2 N–H and O–H groups in total. The van der Waals surface area contributed by atoms with Crippen molar-refractivity contribution in [2.75, 3.05) is 0 Å². The molecule has 0 saturated carbocycles. The zero-order valence-corrected chi connectivity index (χ0v) is 9.01. The van der Waals surface area contributed by atoms with Gasteiger partial charge >= 0.3 is 7.12 Å². The number of aromatic nitrogens is 3. The summed E-state index contributed by atoms with van der Waals surface area (Å²) in [5.74, 6) is 0.414. The molecule has 0 radical (unpaired) electrons. The molecule has 0 aromatic carbocycles. The van der Waals surface area contributed by atoms with Crippen LogP contribution in [0.3, 0.4) is 0 Å². The van der Waals surface area contributed by atoms with Crippen LogP contribution in [0.15, 0.2) is 12.1 Å². The molecule has 2 heterocycles. The molecule has 0 aliphatic rings. The summed E-state index contributed by atoms with van der Waals surface area (Å²) in [6.45, 7) is 1.08. The van der Waals surface area contributed by atoms with Crippen molar-refractivity contribution < 1.29 is 18.8 Å². The Bertz CT molecular complexity index is 544. The molecule has 0 spiro atoms. The molecule has 2 aromatic rings. The van der Waals surface area contributed by atoms with Gasteiger partial charge in [-0.15, -0.1) is 0 Å². The first-order valence-electron chi connectivity index (χ1n) is 4.97. The van der Waals surface area contributed by atoms with Crippen LogP contribution >= 0.6 is 0 Å². The number of hydrogen-bond acceptors (Lipinski definition) is 4. The molecule has 0 aliphatic heterocycles. The molecule has 5 nitrogen and oxygen atoms in total. The quantitative estimate of drug-likeness (QED) is 0.722. The molecule has 0 saturated heterocycles. The maximum atomic E-state index is 12.4. The maximum absolute atomic E-state index is 12.4. The molecule has 0 fully saturated rings. The minimum atomic E-state index is -2.52. The number of hydrogen-bond donors (Lipinski definition) is 2. The Hall–Kier alpha value is -1.54. The summed E-state index contributed by atoms with van der Waals surface area (Å²) in [6, 6.07) is 2.91. The number of nitrogens with zero attached hydrogens (tertiary/aromatic N) is 3. The summed E-state index contributed by atoms with van der Waals surface area (Å²) in [5, 5.41) is 18.0. The normalized spacial score (nSPS) is 11.4. The first-order chi connectivity index (χ1) is 7.99. The second-order valence-electron chi connectivity index (χ2n) is 3.61. The second kappa shape index (κ2) is 4.38. The topological polar surface area (TPSA) is 71.2 Å². The third-order valence-electron chi connectivity index (χ3n) is 2.39. The molecule has 0 atom stereocenters. The highest BCUT2D eigenvalue weighted by atomic mass is 19.3. The van der Waals surface area contributed by atoms with Crippen LogP contribution in [-0.2, 0) is 6.54 Å². The van der Waals surface area contributed by atoms with Crippen molar-refractivity contribution in [1.29, 1.82) is 0 Å². The van der Waals surface area contributed by atoms with Crippen molar-refractivity contribution in [3.63, 3.8) is 0 Å². The molecule has 90 valence electrons. The number of halogens is 2. The minimum absolute atomic E-state index is 0.00733. The number of rotatable bonds is 3. The Balaban J connectivity index is 2.56. The van der Waals surface area contributed by atoms with Gasteiger partial charge in [0.25, 0.3) is 6.43 Å². The summed E-state index contributed by atoms with van der Waals surface area (Å²) >= 11 is 0. The Morgan fingerprint density at radius 3 is 2.65 bits per heavy atom. The minimum Gasteiger partial charge on any atom is -0.422 e. The van der Waals surface area contributed by atoms with E-state index in [4.69, 9.17) is 10.0 Å². The van der Waals surface area contributed by atoms with Crippen LogP contribution in [0.25, 0.3) is 11.2 Å². The average Bonchev–Trinajstić information content (AvgIpc) is 2.54. The van der Waals surface area contributed by atoms with Crippen molar-refractivity contribution in [1.82, 2.24) is 14.5 Å². The van der Waals surface area contributed by atoms with Gasteiger partial charge in [0.05, 0.1) is 12.1 Å². The van der Waals surface area contributed by atoms with Crippen LogP contribution in [0.2, 0.25) is 0 Å². The lowest BCUT2D eigenvalue weighted by molar-refractivity contribution is 0.127. The number of fused-ring (bicyclic) bond motifs is 1. The van der Waals surface area contributed by atoms with Crippen molar-refractivity contribution in [3.8, 4) is 0 Å². The monoisotopic (exact) mass is 241 g/mol. The molecular weight excluding hydrogens is 231 g/mol. The lowest BCUT2D eigenvalue weighted by Crippen LogP contribution is -2.32. The Morgan fingerprint density at radius 2 is 2.06 bits per heavy atom. The third-order valence-corrected chi connectivity index (χ3v) is 2.39. The van der Waals surface area contributed by atoms with E-state index in [0.717, 1.165) is 0 Å².